The molecule has 2 aromatic rings. The summed E-state index contributed by atoms with van der Waals surface area (Å²) in [5.74, 6) is 0.992. The van der Waals surface area contributed by atoms with E-state index in [0.717, 1.165) is 5.75 Å². The Morgan fingerprint density at radius 2 is 1.44 bits per heavy atom. The summed E-state index contributed by atoms with van der Waals surface area (Å²) in [7, 11) is 0. The van der Waals surface area contributed by atoms with Gasteiger partial charge in [0.25, 0.3) is 0 Å². The number of hydrogen-bond donors (Lipinski definition) is 0. The molecule has 1 aliphatic rings. The second kappa shape index (κ2) is 4.84. The van der Waals surface area contributed by atoms with Gasteiger partial charge in [0.15, 0.2) is 0 Å². The molecule has 0 aromatic heterocycles. The maximum absolute atomic E-state index is 5.65. The first kappa shape index (κ1) is 10.7. The Morgan fingerprint density at radius 1 is 0.812 bits per heavy atom. The lowest BCUT2D eigenvalue weighted by Gasteiger charge is -2.20. The van der Waals surface area contributed by atoms with Gasteiger partial charge in [-0.3, -0.25) is 0 Å². The van der Waals surface area contributed by atoms with Gasteiger partial charge in [-0.25, -0.2) is 0 Å². The topological polar surface area (TPSA) is 9.23 Å². The third kappa shape index (κ3) is 1.81. The average molecular weight is 212 g/mol. The Morgan fingerprint density at radius 3 is 2.25 bits per heavy atom. The minimum absolute atomic E-state index is 0.688. The zero-order valence-electron chi connectivity index (χ0n) is 9.73. The lowest BCUT2D eigenvalue weighted by atomic mass is 9.97. The standard InChI is InChI=1S/C13H10O.C2H6/c1-2-6-11-10(5-1)9-14-13-8-4-3-7-12(11)13;1-2/h1-8H,9H2;1-2H3. The Hall–Kier alpha value is -1.76. The summed E-state index contributed by atoms with van der Waals surface area (Å²) in [6, 6.07) is 16.6. The molecule has 0 amide bonds. The van der Waals surface area contributed by atoms with Crippen LogP contribution in [0.2, 0.25) is 0 Å². The van der Waals surface area contributed by atoms with Gasteiger partial charge >= 0.3 is 0 Å². The monoisotopic (exact) mass is 212 g/mol. The predicted octanol–water partition coefficient (Wildman–Crippen LogP) is 4.27. The summed E-state index contributed by atoms with van der Waals surface area (Å²) in [5, 5.41) is 0. The van der Waals surface area contributed by atoms with Crippen molar-refractivity contribution in [2.45, 2.75) is 20.5 Å². The van der Waals surface area contributed by atoms with Crippen LogP contribution in [-0.4, -0.2) is 0 Å². The second-order valence-corrected chi connectivity index (χ2v) is 3.44. The van der Waals surface area contributed by atoms with Crippen LogP contribution in [0, 0.1) is 0 Å². The van der Waals surface area contributed by atoms with Crippen molar-refractivity contribution in [3.05, 3.63) is 54.1 Å². The van der Waals surface area contributed by atoms with Gasteiger partial charge in [0.1, 0.15) is 12.4 Å². The van der Waals surface area contributed by atoms with Gasteiger partial charge in [-0.05, 0) is 17.2 Å². The normalized spacial score (nSPS) is 11.4. The quantitative estimate of drug-likeness (QED) is 0.633. The maximum Gasteiger partial charge on any atom is 0.127 e. The van der Waals surface area contributed by atoms with Crippen LogP contribution in [-0.2, 0) is 6.61 Å². The molecule has 0 spiro atoms. The van der Waals surface area contributed by atoms with Gasteiger partial charge in [0.05, 0.1) is 0 Å². The van der Waals surface area contributed by atoms with Crippen LogP contribution in [0.1, 0.15) is 19.4 Å². The van der Waals surface area contributed by atoms with E-state index in [9.17, 15) is 0 Å². The molecule has 2 aromatic carbocycles. The van der Waals surface area contributed by atoms with Crippen LogP contribution in [0.3, 0.4) is 0 Å². The van der Waals surface area contributed by atoms with Crippen LogP contribution < -0.4 is 4.74 Å². The zero-order chi connectivity index (χ0) is 11.4. The SMILES string of the molecule is CC.c1ccc2c(c1)COc1ccccc1-2. The van der Waals surface area contributed by atoms with E-state index in [0.29, 0.717) is 6.61 Å². The number of benzene rings is 2. The van der Waals surface area contributed by atoms with Crippen molar-refractivity contribution in [1.82, 2.24) is 0 Å². The van der Waals surface area contributed by atoms with Gasteiger partial charge in [-0.1, -0.05) is 56.3 Å². The first-order chi connectivity index (χ1) is 7.95. The highest BCUT2D eigenvalue weighted by molar-refractivity contribution is 5.74. The van der Waals surface area contributed by atoms with Gasteiger partial charge in [-0.15, -0.1) is 0 Å². The highest BCUT2D eigenvalue weighted by atomic mass is 16.5. The van der Waals surface area contributed by atoms with E-state index in [1.54, 1.807) is 0 Å². The molecule has 0 saturated carbocycles. The first-order valence-corrected chi connectivity index (χ1v) is 5.75. The highest BCUT2D eigenvalue weighted by Crippen LogP contribution is 2.36. The largest absolute Gasteiger partial charge is 0.488 e. The van der Waals surface area contributed by atoms with Crippen molar-refractivity contribution >= 4 is 0 Å². The molecular formula is C15H16O. The predicted molar refractivity (Wildman–Crippen MR) is 67.6 cm³/mol. The van der Waals surface area contributed by atoms with Gasteiger partial charge < -0.3 is 4.74 Å². The van der Waals surface area contributed by atoms with Crippen LogP contribution in [0.25, 0.3) is 11.1 Å². The summed E-state index contributed by atoms with van der Waals surface area (Å²) < 4.78 is 5.65. The lowest BCUT2D eigenvalue weighted by Crippen LogP contribution is -2.04. The molecule has 0 bridgehead atoms. The minimum atomic E-state index is 0.688. The van der Waals surface area contributed by atoms with Crippen molar-refractivity contribution in [3.8, 4) is 16.9 Å². The van der Waals surface area contributed by atoms with Gasteiger partial charge in [0.2, 0.25) is 0 Å². The molecule has 3 rings (SSSR count). The Balaban J connectivity index is 0.000000457. The molecule has 1 aliphatic heterocycles. The molecule has 0 saturated heterocycles. The van der Waals surface area contributed by atoms with Crippen LogP contribution >= 0.6 is 0 Å². The third-order valence-corrected chi connectivity index (χ3v) is 2.58. The van der Waals surface area contributed by atoms with Crippen molar-refractivity contribution in [2.24, 2.45) is 0 Å². The Labute approximate surface area is 96.7 Å². The molecule has 16 heavy (non-hydrogen) atoms. The number of fused-ring (bicyclic) bond motifs is 3. The lowest BCUT2D eigenvalue weighted by molar-refractivity contribution is 0.302. The number of para-hydroxylation sites is 1. The smallest absolute Gasteiger partial charge is 0.127 e. The van der Waals surface area contributed by atoms with E-state index in [4.69, 9.17) is 4.74 Å². The molecule has 0 N–H and O–H groups in total. The van der Waals surface area contributed by atoms with E-state index in [2.05, 4.69) is 30.3 Å². The summed E-state index contributed by atoms with van der Waals surface area (Å²) in [6.45, 7) is 4.69. The second-order valence-electron chi connectivity index (χ2n) is 3.44. The maximum atomic E-state index is 5.65. The molecular weight excluding hydrogens is 196 g/mol. The number of hydrogen-bond acceptors (Lipinski definition) is 1. The Bertz CT molecular complexity index is 429. The average Bonchev–Trinajstić information content (AvgIpc) is 2.41. The fourth-order valence-corrected chi connectivity index (χ4v) is 1.88. The molecule has 0 aliphatic carbocycles. The molecule has 82 valence electrons. The fourth-order valence-electron chi connectivity index (χ4n) is 1.88. The fraction of sp³-hybridized carbons (Fsp3) is 0.200. The number of ether oxygens (including phenoxy) is 1. The third-order valence-electron chi connectivity index (χ3n) is 2.58. The van der Waals surface area contributed by atoms with Gasteiger partial charge in [-0.2, -0.15) is 0 Å². The number of rotatable bonds is 0. The molecule has 1 nitrogen and oxygen atoms in total. The van der Waals surface area contributed by atoms with Crippen LogP contribution in [0.15, 0.2) is 48.5 Å². The highest BCUT2D eigenvalue weighted by Gasteiger charge is 2.14. The summed E-state index contributed by atoms with van der Waals surface area (Å²) in [6.07, 6.45) is 0. The zero-order valence-corrected chi connectivity index (χ0v) is 9.73. The van der Waals surface area contributed by atoms with Gasteiger partial charge in [0, 0.05) is 5.56 Å². The van der Waals surface area contributed by atoms with E-state index in [1.807, 2.05) is 32.0 Å². The van der Waals surface area contributed by atoms with Crippen LogP contribution in [0.5, 0.6) is 5.75 Å². The van der Waals surface area contributed by atoms with E-state index in [-0.39, 0.29) is 0 Å². The molecule has 1 heterocycles. The summed E-state index contributed by atoms with van der Waals surface area (Å²) >= 11 is 0. The van der Waals surface area contributed by atoms with Crippen LogP contribution in [0.4, 0.5) is 0 Å². The summed E-state index contributed by atoms with van der Waals surface area (Å²) in [5.41, 5.74) is 3.77. The Kier molecular flexibility index (Phi) is 3.25. The van der Waals surface area contributed by atoms with Crippen molar-refractivity contribution in [3.63, 3.8) is 0 Å². The molecule has 0 unspecified atom stereocenters. The van der Waals surface area contributed by atoms with Crippen molar-refractivity contribution in [1.29, 1.82) is 0 Å². The molecule has 0 fully saturated rings. The molecule has 0 radical (unpaired) electrons. The minimum Gasteiger partial charge on any atom is -0.488 e. The van der Waals surface area contributed by atoms with E-state index < -0.39 is 0 Å². The molecule has 0 atom stereocenters. The van der Waals surface area contributed by atoms with Crippen molar-refractivity contribution in [2.75, 3.05) is 0 Å². The van der Waals surface area contributed by atoms with E-state index >= 15 is 0 Å². The van der Waals surface area contributed by atoms with Crippen molar-refractivity contribution < 1.29 is 4.74 Å². The first-order valence-electron chi connectivity index (χ1n) is 5.75. The molecule has 1 heteroatoms. The summed E-state index contributed by atoms with van der Waals surface area (Å²) in [4.78, 5) is 0. The van der Waals surface area contributed by atoms with E-state index in [1.165, 1.54) is 16.7 Å².